The Morgan fingerprint density at radius 3 is 2.80 bits per heavy atom. The summed E-state index contributed by atoms with van der Waals surface area (Å²) in [6.07, 6.45) is 0. The van der Waals surface area contributed by atoms with Gasteiger partial charge >= 0.3 is 5.22 Å². The number of nitrogens with zero attached hydrogens (tertiary/aromatic N) is 1. The lowest BCUT2D eigenvalue weighted by molar-refractivity contribution is 0.458. The first kappa shape index (κ1) is 13.4. The number of hydrogen-bond acceptors (Lipinski definition) is 6. The molecule has 0 saturated carbocycles. The Morgan fingerprint density at radius 1 is 1.30 bits per heavy atom. The van der Waals surface area contributed by atoms with Crippen LogP contribution in [0.5, 0.6) is 0 Å². The van der Waals surface area contributed by atoms with E-state index in [1.54, 1.807) is 30.3 Å². The summed E-state index contributed by atoms with van der Waals surface area (Å²) in [7, 11) is -3.64. The molecule has 5 nitrogen and oxygen atoms in total. The maximum Gasteiger partial charge on any atom is 0.316 e. The summed E-state index contributed by atoms with van der Waals surface area (Å²) in [5.74, 6) is -0.188. The van der Waals surface area contributed by atoms with Gasteiger partial charge in [-0.2, -0.15) is 4.98 Å². The van der Waals surface area contributed by atoms with E-state index in [0.29, 0.717) is 26.0 Å². The van der Waals surface area contributed by atoms with Crippen molar-refractivity contribution in [2.45, 2.75) is 11.0 Å². The average Bonchev–Trinajstić information content (AvgIpc) is 2.95. The van der Waals surface area contributed by atoms with E-state index in [1.807, 2.05) is 0 Å². The Hall–Kier alpha value is -1.57. The highest BCUT2D eigenvalue weighted by molar-refractivity contribution is 7.90. The lowest BCUT2D eigenvalue weighted by Crippen LogP contribution is -2.03. The highest BCUT2D eigenvalue weighted by Gasteiger charge is 2.23. The van der Waals surface area contributed by atoms with Crippen LogP contribution in [0.4, 0.5) is 5.69 Å². The second-order valence-electron chi connectivity index (χ2n) is 4.17. The van der Waals surface area contributed by atoms with Crippen LogP contribution in [-0.2, 0) is 15.6 Å². The van der Waals surface area contributed by atoms with Gasteiger partial charge < -0.3 is 10.2 Å². The van der Waals surface area contributed by atoms with Crippen LogP contribution in [0.3, 0.4) is 0 Å². The third-order valence-corrected chi connectivity index (χ3v) is 5.43. The number of nitrogen functional groups attached to an aromatic ring is 1. The second kappa shape index (κ2) is 4.76. The zero-order valence-electron chi connectivity index (χ0n) is 10.0. The number of rotatable bonds is 3. The molecule has 3 rings (SSSR count). The molecular weight excluding hydrogens is 320 g/mol. The van der Waals surface area contributed by atoms with Gasteiger partial charge in [-0.05, 0) is 30.3 Å². The quantitative estimate of drug-likeness (QED) is 0.746. The monoisotopic (exact) mass is 328 g/mol. The summed E-state index contributed by atoms with van der Waals surface area (Å²) in [6.45, 7) is 0. The van der Waals surface area contributed by atoms with Crippen LogP contribution in [0.2, 0.25) is 4.34 Å². The van der Waals surface area contributed by atoms with E-state index in [9.17, 15) is 8.42 Å². The molecule has 20 heavy (non-hydrogen) atoms. The van der Waals surface area contributed by atoms with Crippen LogP contribution >= 0.6 is 22.9 Å². The number of halogens is 1. The molecule has 2 N–H and O–H groups in total. The van der Waals surface area contributed by atoms with Gasteiger partial charge in [0.05, 0.1) is 10.1 Å². The topological polar surface area (TPSA) is 86.2 Å². The second-order valence-corrected chi connectivity index (χ2v) is 7.84. The van der Waals surface area contributed by atoms with Gasteiger partial charge in [-0.25, -0.2) is 8.42 Å². The molecular formula is C12H9ClN2O3S2. The molecule has 0 radical (unpaired) electrons. The van der Waals surface area contributed by atoms with Gasteiger partial charge in [0.2, 0.25) is 9.84 Å². The number of benzene rings is 1. The van der Waals surface area contributed by atoms with Gasteiger partial charge in [0, 0.05) is 10.6 Å². The van der Waals surface area contributed by atoms with E-state index in [4.69, 9.17) is 21.8 Å². The molecule has 2 heterocycles. The Kier molecular flexibility index (Phi) is 3.19. The molecule has 0 amide bonds. The van der Waals surface area contributed by atoms with Gasteiger partial charge in [-0.1, -0.05) is 11.6 Å². The molecule has 3 aromatic rings. The standard InChI is InChI=1S/C12H9ClN2O3S2/c13-11-4-2-8(19-11)6-20(16,17)12-15-9-5-7(14)1-3-10(9)18-12/h1-5H,6,14H2. The highest BCUT2D eigenvalue weighted by atomic mass is 35.5. The Bertz CT molecular complexity index is 883. The predicted molar refractivity (Wildman–Crippen MR) is 78.6 cm³/mol. The number of fused-ring (bicyclic) bond motifs is 1. The Balaban J connectivity index is 2.00. The third-order valence-electron chi connectivity index (χ3n) is 2.62. The summed E-state index contributed by atoms with van der Waals surface area (Å²) in [5.41, 5.74) is 6.94. The number of nitrogens with two attached hydrogens (primary N) is 1. The minimum atomic E-state index is -3.64. The average molecular weight is 329 g/mol. The van der Waals surface area contributed by atoms with Crippen molar-refractivity contribution in [3.63, 3.8) is 0 Å². The van der Waals surface area contributed by atoms with E-state index >= 15 is 0 Å². The molecule has 8 heteroatoms. The first-order valence-corrected chi connectivity index (χ1v) is 8.42. The Labute approximate surface area is 123 Å². The molecule has 104 valence electrons. The van der Waals surface area contributed by atoms with Gasteiger partial charge in [0.25, 0.3) is 0 Å². The van der Waals surface area contributed by atoms with E-state index < -0.39 is 9.84 Å². The van der Waals surface area contributed by atoms with Gasteiger partial charge in [-0.3, -0.25) is 0 Å². The fourth-order valence-corrected chi connectivity index (χ4v) is 4.37. The Morgan fingerprint density at radius 2 is 2.10 bits per heavy atom. The zero-order valence-corrected chi connectivity index (χ0v) is 12.4. The van der Waals surface area contributed by atoms with Crippen molar-refractivity contribution in [1.82, 2.24) is 4.98 Å². The summed E-state index contributed by atoms with van der Waals surface area (Å²) >= 11 is 7.00. The minimum absolute atomic E-state index is 0.188. The smallest absolute Gasteiger partial charge is 0.316 e. The van der Waals surface area contributed by atoms with Crippen molar-refractivity contribution in [3.8, 4) is 0 Å². The molecule has 0 spiro atoms. The van der Waals surface area contributed by atoms with E-state index in [0.717, 1.165) is 0 Å². The zero-order chi connectivity index (χ0) is 14.3. The molecule has 0 unspecified atom stereocenters. The lowest BCUT2D eigenvalue weighted by atomic mass is 10.3. The maximum atomic E-state index is 12.2. The minimum Gasteiger partial charge on any atom is -0.428 e. The molecule has 0 aliphatic rings. The summed E-state index contributed by atoms with van der Waals surface area (Å²) < 4.78 is 30.3. The summed E-state index contributed by atoms with van der Waals surface area (Å²) in [6, 6.07) is 8.12. The normalized spacial score (nSPS) is 12.1. The first-order chi connectivity index (χ1) is 9.44. The van der Waals surface area contributed by atoms with Crippen LogP contribution in [0.1, 0.15) is 4.88 Å². The van der Waals surface area contributed by atoms with Gasteiger partial charge in [0.15, 0.2) is 5.58 Å². The maximum absolute atomic E-state index is 12.2. The summed E-state index contributed by atoms with van der Waals surface area (Å²) in [5, 5.41) is -0.303. The van der Waals surface area contributed by atoms with Crippen molar-refractivity contribution in [1.29, 1.82) is 0 Å². The van der Waals surface area contributed by atoms with E-state index in [-0.39, 0.29) is 11.0 Å². The lowest BCUT2D eigenvalue weighted by Gasteiger charge is -1.96. The molecule has 0 bridgehead atoms. The van der Waals surface area contributed by atoms with E-state index in [1.165, 1.54) is 11.3 Å². The van der Waals surface area contributed by atoms with Crippen molar-refractivity contribution in [2.75, 3.05) is 5.73 Å². The molecule has 0 aliphatic carbocycles. The molecule has 2 aromatic heterocycles. The molecule has 0 aliphatic heterocycles. The van der Waals surface area contributed by atoms with Crippen LogP contribution in [0.15, 0.2) is 40.0 Å². The molecule has 1 aromatic carbocycles. The molecule has 0 saturated heterocycles. The van der Waals surface area contributed by atoms with Crippen molar-refractivity contribution >= 4 is 49.6 Å². The van der Waals surface area contributed by atoms with Crippen LogP contribution < -0.4 is 5.73 Å². The van der Waals surface area contributed by atoms with E-state index in [2.05, 4.69) is 4.98 Å². The predicted octanol–water partition coefficient (Wildman–Crippen LogP) is 3.10. The first-order valence-electron chi connectivity index (χ1n) is 5.57. The van der Waals surface area contributed by atoms with Crippen molar-refractivity contribution in [2.24, 2.45) is 0 Å². The highest BCUT2D eigenvalue weighted by Crippen LogP contribution is 2.27. The number of oxazole rings is 1. The van der Waals surface area contributed by atoms with Gasteiger partial charge in [-0.15, -0.1) is 11.3 Å². The number of anilines is 1. The van der Waals surface area contributed by atoms with Crippen molar-refractivity contribution in [3.05, 3.63) is 39.5 Å². The fourth-order valence-electron chi connectivity index (χ4n) is 1.73. The van der Waals surface area contributed by atoms with Crippen molar-refractivity contribution < 1.29 is 12.8 Å². The SMILES string of the molecule is Nc1ccc2oc(S(=O)(=O)Cc3ccc(Cl)s3)nc2c1. The molecule has 0 atom stereocenters. The number of aromatic nitrogens is 1. The number of thiophene rings is 1. The van der Waals surface area contributed by atoms with Crippen LogP contribution in [-0.4, -0.2) is 13.4 Å². The molecule has 0 fully saturated rings. The number of sulfone groups is 1. The van der Waals surface area contributed by atoms with Crippen LogP contribution in [0.25, 0.3) is 11.1 Å². The van der Waals surface area contributed by atoms with Crippen LogP contribution in [0, 0.1) is 0 Å². The summed E-state index contributed by atoms with van der Waals surface area (Å²) in [4.78, 5) is 4.62. The van der Waals surface area contributed by atoms with Gasteiger partial charge in [0.1, 0.15) is 5.52 Å². The third kappa shape index (κ3) is 2.52. The number of hydrogen-bond donors (Lipinski definition) is 1. The fraction of sp³-hybridized carbons (Fsp3) is 0.0833. The largest absolute Gasteiger partial charge is 0.428 e.